The highest BCUT2D eigenvalue weighted by molar-refractivity contribution is 5.23. The molecule has 108 valence electrons. The van der Waals surface area contributed by atoms with Gasteiger partial charge in [-0.15, -0.1) is 0 Å². The van der Waals surface area contributed by atoms with Crippen LogP contribution in [0.25, 0.3) is 0 Å². The molecule has 0 aromatic carbocycles. The van der Waals surface area contributed by atoms with Crippen LogP contribution in [0.5, 0.6) is 0 Å². The van der Waals surface area contributed by atoms with Crippen LogP contribution in [-0.2, 0) is 18.2 Å². The molecule has 2 atom stereocenters. The summed E-state index contributed by atoms with van der Waals surface area (Å²) >= 11 is 0. The molecule has 5 nitrogen and oxygen atoms in total. The first-order chi connectivity index (χ1) is 9.17. The lowest BCUT2D eigenvalue weighted by molar-refractivity contribution is -0.0614. The van der Waals surface area contributed by atoms with E-state index < -0.39 is 0 Å². The average Bonchev–Trinajstić information content (AvgIpc) is 2.77. The Morgan fingerprint density at radius 2 is 2.21 bits per heavy atom. The van der Waals surface area contributed by atoms with Gasteiger partial charge in [0, 0.05) is 31.9 Å². The molecule has 1 aromatic heterocycles. The summed E-state index contributed by atoms with van der Waals surface area (Å²) in [7, 11) is 4.17. The molecular formula is C14H26N4O. The molecule has 0 aliphatic carbocycles. The Balaban J connectivity index is 2.24. The predicted molar refractivity (Wildman–Crippen MR) is 76.2 cm³/mol. The zero-order valence-corrected chi connectivity index (χ0v) is 12.5. The summed E-state index contributed by atoms with van der Waals surface area (Å²) in [6, 6.07) is 0.302. The van der Waals surface area contributed by atoms with Crippen LogP contribution in [0.15, 0.2) is 6.20 Å². The molecule has 5 heteroatoms. The van der Waals surface area contributed by atoms with Gasteiger partial charge < -0.3 is 10.1 Å². The van der Waals surface area contributed by atoms with E-state index in [1.807, 2.05) is 11.7 Å². The predicted octanol–water partition coefficient (Wildman–Crippen LogP) is 0.964. The molecule has 1 saturated heterocycles. The van der Waals surface area contributed by atoms with E-state index in [9.17, 15) is 0 Å². The number of likely N-dealkylation sites (N-methyl/N-ethyl adjacent to an activating group) is 2. The Labute approximate surface area is 115 Å². The second kappa shape index (κ2) is 6.50. The largest absolute Gasteiger partial charge is 0.374 e. The third-order valence-electron chi connectivity index (χ3n) is 3.79. The maximum Gasteiger partial charge on any atom is 0.0897 e. The number of aromatic nitrogens is 2. The summed E-state index contributed by atoms with van der Waals surface area (Å²) in [6.07, 6.45) is 3.32. The average molecular weight is 266 g/mol. The monoisotopic (exact) mass is 266 g/mol. The first-order valence-electron chi connectivity index (χ1n) is 7.22. The highest BCUT2D eigenvalue weighted by Crippen LogP contribution is 2.30. The van der Waals surface area contributed by atoms with E-state index in [-0.39, 0.29) is 6.10 Å². The van der Waals surface area contributed by atoms with Crippen LogP contribution in [-0.4, -0.2) is 54.1 Å². The van der Waals surface area contributed by atoms with Crippen molar-refractivity contribution in [3.8, 4) is 0 Å². The van der Waals surface area contributed by atoms with Gasteiger partial charge in [-0.2, -0.15) is 5.10 Å². The number of nitrogens with zero attached hydrogens (tertiary/aromatic N) is 3. The maximum absolute atomic E-state index is 5.99. The third kappa shape index (κ3) is 3.16. The van der Waals surface area contributed by atoms with Crippen LogP contribution in [0.2, 0.25) is 0 Å². The van der Waals surface area contributed by atoms with E-state index in [1.165, 1.54) is 11.3 Å². The first-order valence-corrected chi connectivity index (χ1v) is 7.22. The summed E-state index contributed by atoms with van der Waals surface area (Å²) < 4.78 is 7.90. The topological polar surface area (TPSA) is 42.3 Å². The van der Waals surface area contributed by atoms with E-state index in [0.29, 0.717) is 6.04 Å². The van der Waals surface area contributed by atoms with Gasteiger partial charge in [0.25, 0.3) is 0 Å². The van der Waals surface area contributed by atoms with Gasteiger partial charge in [0.15, 0.2) is 0 Å². The van der Waals surface area contributed by atoms with Crippen LogP contribution in [0.4, 0.5) is 0 Å². The highest BCUT2D eigenvalue weighted by Gasteiger charge is 2.33. The first kappa shape index (κ1) is 14.5. The van der Waals surface area contributed by atoms with E-state index in [4.69, 9.17) is 4.74 Å². The van der Waals surface area contributed by atoms with Gasteiger partial charge >= 0.3 is 0 Å². The van der Waals surface area contributed by atoms with Crippen molar-refractivity contribution >= 4 is 0 Å². The summed E-state index contributed by atoms with van der Waals surface area (Å²) in [5.74, 6) is 0. The molecule has 2 rings (SSSR count). The quantitative estimate of drug-likeness (QED) is 0.862. The summed E-state index contributed by atoms with van der Waals surface area (Å²) in [4.78, 5) is 2.39. The number of hydrogen-bond acceptors (Lipinski definition) is 4. The zero-order valence-electron chi connectivity index (χ0n) is 12.5. The van der Waals surface area contributed by atoms with Gasteiger partial charge in [-0.3, -0.25) is 9.58 Å². The van der Waals surface area contributed by atoms with Crippen molar-refractivity contribution in [1.82, 2.24) is 20.0 Å². The molecule has 19 heavy (non-hydrogen) atoms. The number of ether oxygens (including phenoxy) is 1. The van der Waals surface area contributed by atoms with E-state index in [1.54, 1.807) is 0 Å². The van der Waals surface area contributed by atoms with Gasteiger partial charge in [0.2, 0.25) is 0 Å². The molecule has 1 aliphatic heterocycles. The maximum atomic E-state index is 5.99. The normalized spacial score (nSPS) is 24.8. The van der Waals surface area contributed by atoms with Crippen LogP contribution < -0.4 is 5.32 Å². The van der Waals surface area contributed by atoms with Crippen molar-refractivity contribution < 1.29 is 4.74 Å². The lowest BCUT2D eigenvalue weighted by atomic mass is 9.98. The van der Waals surface area contributed by atoms with Crippen LogP contribution in [0.3, 0.4) is 0 Å². The molecule has 0 saturated carbocycles. The molecule has 1 aliphatic rings. The van der Waals surface area contributed by atoms with Gasteiger partial charge in [0.05, 0.1) is 24.4 Å². The van der Waals surface area contributed by atoms with Gasteiger partial charge in [-0.05, 0) is 20.0 Å². The number of hydrogen-bond donors (Lipinski definition) is 1. The van der Waals surface area contributed by atoms with Crippen molar-refractivity contribution in [1.29, 1.82) is 0 Å². The summed E-state index contributed by atoms with van der Waals surface area (Å²) in [6.45, 7) is 7.95. The fraction of sp³-hybridized carbons (Fsp3) is 0.786. The second-order valence-electron chi connectivity index (χ2n) is 5.20. The van der Waals surface area contributed by atoms with Crippen molar-refractivity contribution in [2.45, 2.75) is 32.4 Å². The van der Waals surface area contributed by atoms with E-state index in [2.05, 4.69) is 42.4 Å². The molecule has 0 spiro atoms. The summed E-state index contributed by atoms with van der Waals surface area (Å²) in [5, 5.41) is 7.97. The number of morpholine rings is 1. The standard InChI is InChI=1S/C14H26N4O/c1-5-12-11(10-18(4)16-12)14-13(9-15-6-2)19-8-7-17(14)3/h10,13-15H,5-9H2,1-4H3. The molecule has 0 bridgehead atoms. The second-order valence-corrected chi connectivity index (χ2v) is 5.20. The Hall–Kier alpha value is -0.910. The highest BCUT2D eigenvalue weighted by atomic mass is 16.5. The van der Waals surface area contributed by atoms with Crippen LogP contribution in [0, 0.1) is 0 Å². The molecule has 2 unspecified atom stereocenters. The third-order valence-corrected chi connectivity index (χ3v) is 3.79. The smallest absolute Gasteiger partial charge is 0.0897 e. The van der Waals surface area contributed by atoms with E-state index >= 15 is 0 Å². The molecule has 2 heterocycles. The summed E-state index contributed by atoms with van der Waals surface area (Å²) in [5.41, 5.74) is 2.50. The van der Waals surface area contributed by atoms with Crippen molar-refractivity contribution in [2.24, 2.45) is 7.05 Å². The Morgan fingerprint density at radius 3 is 2.89 bits per heavy atom. The lowest BCUT2D eigenvalue weighted by Crippen LogP contribution is -2.47. The number of aryl methyl sites for hydroxylation is 2. The van der Waals surface area contributed by atoms with Gasteiger partial charge in [0.1, 0.15) is 0 Å². The van der Waals surface area contributed by atoms with Crippen molar-refractivity contribution in [3.63, 3.8) is 0 Å². The SMILES string of the molecule is CCNCC1OCCN(C)C1c1cn(C)nc1CC. The molecular weight excluding hydrogens is 240 g/mol. The number of nitrogens with one attached hydrogen (secondary N) is 1. The minimum atomic E-state index is 0.202. The van der Waals surface area contributed by atoms with Crippen molar-refractivity contribution in [3.05, 3.63) is 17.5 Å². The Kier molecular flexibility index (Phi) is 4.96. The minimum absolute atomic E-state index is 0.202. The molecule has 1 aromatic rings. The van der Waals surface area contributed by atoms with E-state index in [0.717, 1.165) is 32.7 Å². The molecule has 1 N–H and O–H groups in total. The van der Waals surface area contributed by atoms with Crippen LogP contribution >= 0.6 is 0 Å². The Bertz CT molecular complexity index is 404. The van der Waals surface area contributed by atoms with Crippen LogP contribution in [0.1, 0.15) is 31.1 Å². The fourth-order valence-electron chi connectivity index (χ4n) is 2.83. The van der Waals surface area contributed by atoms with Gasteiger partial charge in [-0.25, -0.2) is 0 Å². The molecule has 0 radical (unpaired) electrons. The molecule has 0 amide bonds. The lowest BCUT2D eigenvalue weighted by Gasteiger charge is -2.39. The van der Waals surface area contributed by atoms with Gasteiger partial charge in [-0.1, -0.05) is 13.8 Å². The fourth-order valence-corrected chi connectivity index (χ4v) is 2.83. The molecule has 1 fully saturated rings. The minimum Gasteiger partial charge on any atom is -0.374 e. The Morgan fingerprint density at radius 1 is 1.42 bits per heavy atom. The number of rotatable bonds is 5. The zero-order chi connectivity index (χ0) is 13.8. The van der Waals surface area contributed by atoms with Crippen molar-refractivity contribution in [2.75, 3.05) is 33.3 Å².